The first kappa shape index (κ1) is 78.2. The van der Waals surface area contributed by atoms with E-state index in [9.17, 15) is 13.0 Å². The molecule has 12 rings (SSSR count). The lowest BCUT2D eigenvalue weighted by Crippen LogP contribution is -2.70. The van der Waals surface area contributed by atoms with Crippen LogP contribution in [-0.2, 0) is 124 Å². The molecule has 1 saturated carbocycles. The summed E-state index contributed by atoms with van der Waals surface area (Å²) in [6.45, 7) is 6.22. The van der Waals surface area contributed by atoms with Gasteiger partial charge in [0.2, 0.25) is 0 Å². The van der Waals surface area contributed by atoms with Crippen molar-refractivity contribution in [1.29, 1.82) is 0 Å². The van der Waals surface area contributed by atoms with Gasteiger partial charge in [0.1, 0.15) is 72.9 Å². The van der Waals surface area contributed by atoms with Crippen molar-refractivity contribution in [3.8, 4) is 5.75 Å². The maximum Gasteiger partial charge on any atom is 0.397 e. The van der Waals surface area contributed by atoms with Crippen LogP contribution in [0.1, 0.15) is 65.3 Å². The van der Waals surface area contributed by atoms with Crippen LogP contribution in [0.5, 0.6) is 5.75 Å². The molecule has 0 spiro atoms. The van der Waals surface area contributed by atoms with Crippen LogP contribution in [-0.4, -0.2) is 122 Å². The summed E-state index contributed by atoms with van der Waals surface area (Å²) in [5, 5.41) is 1.31. The summed E-state index contributed by atoms with van der Waals surface area (Å²) in [5.74, 6) is 0.634. The van der Waals surface area contributed by atoms with Gasteiger partial charge in [-0.1, -0.05) is 306 Å². The molecule has 0 aromatic heterocycles. The van der Waals surface area contributed by atoms with Crippen LogP contribution in [0.3, 0.4) is 0 Å². The van der Waals surface area contributed by atoms with E-state index < -0.39 is 104 Å². The van der Waals surface area contributed by atoms with E-state index >= 15 is 0 Å². The predicted molar refractivity (Wildman–Crippen MR) is 411 cm³/mol. The fraction of sp³-hybridized carbons (Fsp3) is 0.318. The van der Waals surface area contributed by atoms with Crippen LogP contribution in [0.2, 0.25) is 5.04 Å². The number of ether oxygens (including phenoxy) is 12. The van der Waals surface area contributed by atoms with E-state index in [1.165, 1.54) is 0 Å². The molecule has 0 bridgehead atoms. The molecule has 107 heavy (non-hydrogen) atoms. The van der Waals surface area contributed by atoms with Crippen molar-refractivity contribution in [1.82, 2.24) is 0 Å². The average Bonchev–Trinajstić information content (AvgIpc) is 0.757. The average molecular weight is 1490 g/mol. The molecule has 10 aromatic rings. The molecule has 12 atom stereocenters. The van der Waals surface area contributed by atoms with E-state index in [0.717, 1.165) is 54.9 Å². The summed E-state index contributed by atoms with van der Waals surface area (Å²) in [4.78, 5) is 0. The maximum absolute atomic E-state index is 13.5. The Balaban J connectivity index is 1.03. The van der Waals surface area contributed by atoms with E-state index in [1.807, 2.05) is 297 Å². The number of rotatable bonds is 38. The zero-order valence-electron chi connectivity index (χ0n) is 60.9. The molecule has 0 radical (unpaired) electrons. The highest BCUT2D eigenvalue weighted by Crippen LogP contribution is 2.41. The third kappa shape index (κ3) is 22.0. The molecule has 10 aromatic carbocycles. The van der Waals surface area contributed by atoms with Gasteiger partial charge >= 0.3 is 10.4 Å². The second kappa shape index (κ2) is 39.1. The molecule has 1 saturated heterocycles. The van der Waals surface area contributed by atoms with Crippen LogP contribution in [0.4, 0.5) is 0 Å². The number of hydrogen-bond donors (Lipinski definition) is 1. The summed E-state index contributed by atoms with van der Waals surface area (Å²) in [7, 11) is -7.04. The lowest BCUT2D eigenvalue weighted by Gasteiger charge is -2.52. The summed E-state index contributed by atoms with van der Waals surface area (Å²) in [5.41, 5.74) is 6.91. The van der Waals surface area contributed by atoms with E-state index in [1.54, 1.807) is 7.11 Å². The molecule has 1 heterocycles. The fourth-order valence-electron chi connectivity index (χ4n) is 13.9. The first-order valence-corrected chi connectivity index (χ1v) is 39.7. The first-order valence-electron chi connectivity index (χ1n) is 36.4. The molecule has 19 heteroatoms. The van der Waals surface area contributed by atoms with Crippen LogP contribution >= 0.6 is 0 Å². The normalized spacial score (nSPS) is 21.5. The largest absolute Gasteiger partial charge is 0.497 e. The Morgan fingerprint density at radius 2 is 0.664 bits per heavy atom. The van der Waals surface area contributed by atoms with Gasteiger partial charge in [-0.15, -0.1) is 0 Å². The Kier molecular flexibility index (Phi) is 28.6. The SMILES string of the molecule is COc1ccc(CO[C@@H]2[C@@H](OC[C@H](CO[Si](c3ccccc3)(c3ccccc3)C(C)(C)C)OS(=O)(=O)O)[C@H](OCc3ccccc3)[C@@H](OCc3ccccc3)[C@H](OCc3ccccc3)[C@@H]2O[C@H]2O[C@H](COCc3ccccc3)[C@@H](OCc3ccccc3)[C@H](OCc3ccccc3)[C@@H]2OCc2ccccc2)cc1. The van der Waals surface area contributed by atoms with Gasteiger partial charge in [-0.2, -0.15) is 8.42 Å². The smallest absolute Gasteiger partial charge is 0.397 e. The fourth-order valence-corrected chi connectivity index (χ4v) is 19.0. The van der Waals surface area contributed by atoms with Crippen LogP contribution in [0.15, 0.2) is 297 Å². The Hall–Kier alpha value is -8.39. The Labute approximate surface area is 630 Å². The van der Waals surface area contributed by atoms with Crippen molar-refractivity contribution < 1.29 is 78.4 Å². The molecule has 1 aliphatic heterocycles. The zero-order chi connectivity index (χ0) is 74.1. The molecule has 0 unspecified atom stereocenters. The lowest BCUT2D eigenvalue weighted by atomic mass is 9.83. The molecule has 2 fully saturated rings. The van der Waals surface area contributed by atoms with E-state index in [0.29, 0.717) is 5.75 Å². The summed E-state index contributed by atoms with van der Waals surface area (Å²) in [6, 6.07) is 96.4. The van der Waals surface area contributed by atoms with Crippen molar-refractivity contribution >= 4 is 29.1 Å². The van der Waals surface area contributed by atoms with Crippen LogP contribution < -0.4 is 15.1 Å². The Morgan fingerprint density at radius 3 is 1.01 bits per heavy atom. The van der Waals surface area contributed by atoms with Crippen molar-refractivity contribution in [3.05, 3.63) is 342 Å². The van der Waals surface area contributed by atoms with Crippen molar-refractivity contribution in [2.75, 3.05) is 26.9 Å². The van der Waals surface area contributed by atoms with E-state index in [4.69, 9.17) is 65.5 Å². The molecular weight excluding hydrogens is 1390 g/mol. The second-order valence-electron chi connectivity index (χ2n) is 27.8. The minimum absolute atomic E-state index is 0.00981. The van der Waals surface area contributed by atoms with Crippen molar-refractivity contribution in [2.45, 2.75) is 152 Å². The van der Waals surface area contributed by atoms with Crippen molar-refractivity contribution in [2.24, 2.45) is 0 Å². The van der Waals surface area contributed by atoms with Crippen LogP contribution in [0, 0.1) is 0 Å². The molecular formula is C88H96O17SSi. The summed E-state index contributed by atoms with van der Waals surface area (Å²) in [6.07, 6.45) is -13.9. The van der Waals surface area contributed by atoms with E-state index in [2.05, 4.69) is 20.8 Å². The predicted octanol–water partition coefficient (Wildman–Crippen LogP) is 14.6. The van der Waals surface area contributed by atoms with E-state index in [-0.39, 0.29) is 66.1 Å². The third-order valence-electron chi connectivity index (χ3n) is 19.2. The number of hydrogen-bond acceptors (Lipinski definition) is 16. The molecule has 2 aliphatic rings. The van der Waals surface area contributed by atoms with Crippen molar-refractivity contribution in [3.63, 3.8) is 0 Å². The summed E-state index contributed by atoms with van der Waals surface area (Å²) < 4.78 is 138. The quantitative estimate of drug-likeness (QED) is 0.0284. The molecule has 17 nitrogen and oxygen atoms in total. The molecule has 1 N–H and O–H groups in total. The molecule has 1 aliphatic carbocycles. The van der Waals surface area contributed by atoms with Gasteiger partial charge in [-0.25, -0.2) is 4.18 Å². The highest BCUT2D eigenvalue weighted by molar-refractivity contribution is 7.80. The Bertz CT molecular complexity index is 4240. The highest BCUT2D eigenvalue weighted by Gasteiger charge is 2.59. The van der Waals surface area contributed by atoms with Gasteiger partial charge in [-0.05, 0) is 72.1 Å². The maximum atomic E-state index is 13.5. The first-order chi connectivity index (χ1) is 52.3. The van der Waals surface area contributed by atoms with Gasteiger partial charge in [0.15, 0.2) is 6.29 Å². The number of methoxy groups -OCH3 is 1. The monoisotopic (exact) mass is 1480 g/mol. The van der Waals surface area contributed by atoms with Gasteiger partial charge < -0.3 is 61.3 Å². The second-order valence-corrected chi connectivity index (χ2v) is 33.1. The van der Waals surface area contributed by atoms with Gasteiger partial charge in [0.05, 0.1) is 79.8 Å². The van der Waals surface area contributed by atoms with Gasteiger partial charge in [-0.3, -0.25) is 4.55 Å². The minimum atomic E-state index is -5.22. The molecule has 560 valence electrons. The highest BCUT2D eigenvalue weighted by atomic mass is 32.3. The van der Waals surface area contributed by atoms with Gasteiger partial charge in [0, 0.05) is 0 Å². The van der Waals surface area contributed by atoms with Gasteiger partial charge in [0.25, 0.3) is 8.32 Å². The molecule has 0 amide bonds. The minimum Gasteiger partial charge on any atom is -0.497 e. The third-order valence-corrected chi connectivity index (χ3v) is 24.7. The lowest BCUT2D eigenvalue weighted by molar-refractivity contribution is -0.366. The Morgan fingerprint density at radius 1 is 0.364 bits per heavy atom. The zero-order valence-corrected chi connectivity index (χ0v) is 62.7. The summed E-state index contributed by atoms with van der Waals surface area (Å²) >= 11 is 0. The standard InChI is InChI=1S/C88H96O17SSi/c1-88(2,3)107(75-46-28-12-29-47-75,76-48-30-13-31-49-76)102-63-74(105-106(89,90)91)62-101-82-80(96-57-68-38-20-8-21-39-68)81(97-58-69-40-22-9-23-41-69)83(98-59-70-42-24-10-25-43-70)85(84(82)99-61-72-50-52-73(92-4)53-51-72)104-87-86(100-60-71-44-26-11-27-45-71)79(95-56-67-36-18-7-19-37-67)78(94-55-66-34-16-6-17-35-66)77(103-87)64-93-54-65-32-14-5-15-33-65/h5-53,74,77-87H,54-64H2,1-4H3,(H,89,90,91)/t74-,77-,78-,79+,80-,81-,82+,83+,84-,85+,86+,87-/m1/s1. The van der Waals surface area contributed by atoms with Crippen LogP contribution in [0.25, 0.3) is 0 Å². The number of benzene rings is 10. The topological polar surface area (TPSA) is 184 Å².